The molecule has 0 aromatic heterocycles. The molecule has 1 heterocycles. The number of sulfone groups is 1. The lowest BCUT2D eigenvalue weighted by molar-refractivity contribution is -0.385. The van der Waals surface area contributed by atoms with Crippen LogP contribution in [0.4, 0.5) is 5.69 Å². The zero-order valence-corrected chi connectivity index (χ0v) is 18.9. The summed E-state index contributed by atoms with van der Waals surface area (Å²) in [4.78, 5) is 25.4. The van der Waals surface area contributed by atoms with Crippen molar-refractivity contribution in [3.63, 3.8) is 0 Å². The lowest BCUT2D eigenvalue weighted by Gasteiger charge is -2.35. The van der Waals surface area contributed by atoms with Crippen molar-refractivity contribution < 1.29 is 22.9 Å². The molecule has 2 aromatic carbocycles. The number of para-hydroxylation sites is 1. The van der Waals surface area contributed by atoms with Crippen molar-refractivity contribution in [2.75, 3.05) is 33.0 Å². The number of hydrogen-bond donors (Lipinski definition) is 1. The van der Waals surface area contributed by atoms with Gasteiger partial charge in [-0.2, -0.15) is 0 Å². The van der Waals surface area contributed by atoms with Gasteiger partial charge in [0.1, 0.15) is 5.75 Å². The van der Waals surface area contributed by atoms with E-state index in [-0.39, 0.29) is 23.0 Å². The summed E-state index contributed by atoms with van der Waals surface area (Å²) < 4.78 is 29.4. The largest absolute Gasteiger partial charge is 0.496 e. The lowest BCUT2D eigenvalue weighted by atomic mass is 10.0. The fraction of sp³-hybridized carbons (Fsp3) is 0.409. The van der Waals surface area contributed by atoms with Crippen molar-refractivity contribution >= 4 is 21.4 Å². The maximum atomic E-state index is 12.9. The summed E-state index contributed by atoms with van der Waals surface area (Å²) in [6, 6.07) is 10.7. The molecular formula is C22H27N3O6S. The number of nitrogens with zero attached hydrogens (tertiary/aromatic N) is 2. The molecule has 2 aromatic rings. The number of benzene rings is 2. The van der Waals surface area contributed by atoms with Crippen LogP contribution in [0.1, 0.15) is 41.2 Å². The molecule has 1 atom stereocenters. The molecular weight excluding hydrogens is 434 g/mol. The van der Waals surface area contributed by atoms with E-state index in [1.165, 1.54) is 0 Å². The highest BCUT2D eigenvalue weighted by atomic mass is 32.2. The highest BCUT2D eigenvalue weighted by Crippen LogP contribution is 2.31. The number of amides is 1. The predicted octanol–water partition coefficient (Wildman–Crippen LogP) is 2.96. The van der Waals surface area contributed by atoms with Crippen LogP contribution in [0.25, 0.3) is 0 Å². The predicted molar refractivity (Wildman–Crippen MR) is 120 cm³/mol. The molecule has 0 bridgehead atoms. The van der Waals surface area contributed by atoms with Crippen LogP contribution < -0.4 is 10.1 Å². The Labute approximate surface area is 187 Å². The van der Waals surface area contributed by atoms with Crippen molar-refractivity contribution in [3.8, 4) is 5.75 Å². The van der Waals surface area contributed by atoms with Gasteiger partial charge in [-0.1, -0.05) is 24.6 Å². The molecule has 10 heteroatoms. The summed E-state index contributed by atoms with van der Waals surface area (Å²) in [6.07, 6.45) is 4.22. The molecule has 1 N–H and O–H groups in total. The topological polar surface area (TPSA) is 119 Å². The smallest absolute Gasteiger partial charge is 0.271 e. The SMILES string of the molecule is COc1ccccc1C(CNC(=O)c1cc([N+](=O)[O-])cc(S(C)(=O)=O)c1)N1CCCCC1. The van der Waals surface area contributed by atoms with E-state index in [1.807, 2.05) is 24.3 Å². The Bertz CT molecular complexity index is 1100. The molecule has 0 saturated carbocycles. The molecule has 1 amide bonds. The standard InChI is InChI=1S/C22H27N3O6S/c1-31-21-9-5-4-8-19(21)20(24-10-6-3-7-11-24)15-23-22(26)16-12-17(25(27)28)14-18(13-16)32(2,29)30/h4-5,8-9,12-14,20H,3,6-7,10-11,15H2,1-2H3,(H,23,26). The summed E-state index contributed by atoms with van der Waals surface area (Å²) in [7, 11) is -2.13. The molecule has 172 valence electrons. The Morgan fingerprint density at radius 1 is 1.19 bits per heavy atom. The van der Waals surface area contributed by atoms with E-state index in [1.54, 1.807) is 7.11 Å². The zero-order valence-electron chi connectivity index (χ0n) is 18.1. The van der Waals surface area contributed by atoms with Crippen LogP contribution >= 0.6 is 0 Å². The maximum Gasteiger partial charge on any atom is 0.271 e. The summed E-state index contributed by atoms with van der Waals surface area (Å²) in [6.45, 7) is 2.01. The van der Waals surface area contributed by atoms with Gasteiger partial charge in [0, 0.05) is 36.1 Å². The van der Waals surface area contributed by atoms with Crippen LogP contribution in [0, 0.1) is 10.1 Å². The number of likely N-dealkylation sites (tertiary alicyclic amines) is 1. The zero-order chi connectivity index (χ0) is 23.3. The molecule has 0 aliphatic carbocycles. The first-order valence-corrected chi connectivity index (χ1v) is 12.2. The van der Waals surface area contributed by atoms with Crippen molar-refractivity contribution in [1.29, 1.82) is 0 Å². The van der Waals surface area contributed by atoms with Gasteiger partial charge in [-0.3, -0.25) is 19.8 Å². The first-order chi connectivity index (χ1) is 15.2. The number of rotatable bonds is 8. The summed E-state index contributed by atoms with van der Waals surface area (Å²) in [5.74, 6) is 0.141. The Balaban J connectivity index is 1.88. The molecule has 1 unspecified atom stereocenters. The number of piperidine rings is 1. The third kappa shape index (κ3) is 5.63. The van der Waals surface area contributed by atoms with E-state index in [0.717, 1.165) is 62.4 Å². The number of nitro benzene ring substituents is 1. The monoisotopic (exact) mass is 461 g/mol. The van der Waals surface area contributed by atoms with Gasteiger partial charge in [0.15, 0.2) is 9.84 Å². The number of ether oxygens (including phenoxy) is 1. The van der Waals surface area contributed by atoms with E-state index in [0.29, 0.717) is 5.75 Å². The average Bonchev–Trinajstić information content (AvgIpc) is 2.79. The number of nitrogens with one attached hydrogen (secondary N) is 1. The van der Waals surface area contributed by atoms with E-state index in [2.05, 4.69) is 10.2 Å². The Hall–Kier alpha value is -2.98. The minimum atomic E-state index is -3.72. The minimum Gasteiger partial charge on any atom is -0.496 e. The lowest BCUT2D eigenvalue weighted by Crippen LogP contribution is -2.40. The van der Waals surface area contributed by atoms with Gasteiger partial charge in [0.25, 0.3) is 11.6 Å². The van der Waals surface area contributed by atoms with E-state index in [4.69, 9.17) is 4.74 Å². The molecule has 3 rings (SSSR count). The van der Waals surface area contributed by atoms with Crippen LogP contribution in [0.2, 0.25) is 0 Å². The second-order valence-electron chi connectivity index (χ2n) is 7.81. The van der Waals surface area contributed by atoms with Gasteiger partial charge >= 0.3 is 0 Å². The van der Waals surface area contributed by atoms with Crippen molar-refractivity contribution in [1.82, 2.24) is 10.2 Å². The van der Waals surface area contributed by atoms with Crippen molar-refractivity contribution in [2.24, 2.45) is 0 Å². The van der Waals surface area contributed by atoms with Crippen LogP contribution in [-0.2, 0) is 9.84 Å². The van der Waals surface area contributed by atoms with Crippen molar-refractivity contribution in [2.45, 2.75) is 30.2 Å². The van der Waals surface area contributed by atoms with E-state index < -0.39 is 26.4 Å². The molecule has 0 spiro atoms. The number of nitro groups is 1. The Morgan fingerprint density at radius 3 is 2.50 bits per heavy atom. The first-order valence-electron chi connectivity index (χ1n) is 10.4. The van der Waals surface area contributed by atoms with E-state index in [9.17, 15) is 23.3 Å². The number of carbonyl (C=O) groups excluding carboxylic acids is 1. The number of hydrogen-bond acceptors (Lipinski definition) is 7. The molecule has 9 nitrogen and oxygen atoms in total. The highest BCUT2D eigenvalue weighted by Gasteiger charge is 2.26. The normalized spacial score (nSPS) is 15.7. The highest BCUT2D eigenvalue weighted by molar-refractivity contribution is 7.90. The Morgan fingerprint density at radius 2 is 1.88 bits per heavy atom. The number of non-ortho nitro benzene ring substituents is 1. The van der Waals surface area contributed by atoms with Gasteiger partial charge in [0.05, 0.1) is 23.0 Å². The quantitative estimate of drug-likeness (QED) is 0.474. The van der Waals surface area contributed by atoms with E-state index >= 15 is 0 Å². The second-order valence-corrected chi connectivity index (χ2v) is 9.83. The number of methoxy groups -OCH3 is 1. The molecule has 1 saturated heterocycles. The third-order valence-electron chi connectivity index (χ3n) is 5.58. The fourth-order valence-corrected chi connectivity index (χ4v) is 4.61. The summed E-state index contributed by atoms with van der Waals surface area (Å²) in [5, 5.41) is 14.1. The van der Waals surface area contributed by atoms with Crippen LogP contribution in [0.5, 0.6) is 5.75 Å². The third-order valence-corrected chi connectivity index (χ3v) is 6.67. The van der Waals surface area contributed by atoms with Gasteiger partial charge in [-0.25, -0.2) is 8.42 Å². The van der Waals surface area contributed by atoms with Gasteiger partial charge in [-0.15, -0.1) is 0 Å². The van der Waals surface area contributed by atoms with Crippen molar-refractivity contribution in [3.05, 3.63) is 63.7 Å². The number of carbonyl (C=O) groups is 1. The van der Waals surface area contributed by atoms with Gasteiger partial charge in [-0.05, 0) is 38.1 Å². The van der Waals surface area contributed by atoms with Gasteiger partial charge < -0.3 is 10.1 Å². The molecule has 0 radical (unpaired) electrons. The molecule has 1 fully saturated rings. The first kappa shape index (κ1) is 23.7. The minimum absolute atomic E-state index is 0.0722. The van der Waals surface area contributed by atoms with Crippen LogP contribution in [0.3, 0.4) is 0 Å². The average molecular weight is 462 g/mol. The Kier molecular flexibility index (Phi) is 7.47. The van der Waals surface area contributed by atoms with Gasteiger partial charge in [0.2, 0.25) is 0 Å². The van der Waals surface area contributed by atoms with Crippen LogP contribution in [0.15, 0.2) is 47.4 Å². The summed E-state index contributed by atoms with van der Waals surface area (Å²) in [5.41, 5.74) is 0.417. The molecule has 1 aliphatic rings. The van der Waals surface area contributed by atoms with Crippen LogP contribution in [-0.4, -0.2) is 57.1 Å². The molecule has 32 heavy (non-hydrogen) atoms. The fourth-order valence-electron chi connectivity index (χ4n) is 3.93. The molecule has 1 aliphatic heterocycles. The summed E-state index contributed by atoms with van der Waals surface area (Å²) >= 11 is 0. The second kappa shape index (κ2) is 10.1. The maximum absolute atomic E-state index is 12.9.